The Morgan fingerprint density at radius 1 is 1.21 bits per heavy atom. The molecule has 5 heteroatoms. The zero-order valence-electron chi connectivity index (χ0n) is 11.0. The Morgan fingerprint density at radius 2 is 1.89 bits per heavy atom. The quantitative estimate of drug-likeness (QED) is 0.613. The van der Waals surface area contributed by atoms with E-state index in [0.717, 1.165) is 24.9 Å². The lowest BCUT2D eigenvalue weighted by Gasteiger charge is -2.09. The molecule has 0 saturated heterocycles. The summed E-state index contributed by atoms with van der Waals surface area (Å²) in [7, 11) is 0. The molecule has 0 aliphatic carbocycles. The van der Waals surface area contributed by atoms with Crippen LogP contribution in [0.4, 0.5) is 5.69 Å². The van der Waals surface area contributed by atoms with Gasteiger partial charge in [-0.1, -0.05) is 37.8 Å². The van der Waals surface area contributed by atoms with Crippen LogP contribution in [0, 0.1) is 0 Å². The minimum Gasteiger partial charge on any atom is -0.332 e. The molecule has 19 heavy (non-hydrogen) atoms. The third-order valence-corrected chi connectivity index (χ3v) is 3.07. The second-order valence-corrected chi connectivity index (χ2v) is 5.16. The minimum absolute atomic E-state index is 0.0393. The van der Waals surface area contributed by atoms with E-state index in [1.807, 2.05) is 12.1 Å². The fraction of sp³-hybridized carbons (Fsp3) is 0.429. The predicted octanol–water partition coefficient (Wildman–Crippen LogP) is 4.12. The van der Waals surface area contributed by atoms with E-state index in [1.165, 1.54) is 6.42 Å². The number of thiocarbonyl (C=S) groups is 1. The first kappa shape index (κ1) is 15.9. The molecule has 2 N–H and O–H groups in total. The Hall–Kier alpha value is -1.13. The molecule has 3 nitrogen and oxygen atoms in total. The molecule has 1 rings (SSSR count). The molecule has 0 aliphatic heterocycles. The van der Waals surface area contributed by atoms with Crippen molar-refractivity contribution in [1.29, 1.82) is 0 Å². The summed E-state index contributed by atoms with van der Waals surface area (Å²) in [5, 5.41) is 6.60. The van der Waals surface area contributed by atoms with Gasteiger partial charge >= 0.3 is 0 Å². The highest BCUT2D eigenvalue weighted by atomic mass is 35.5. The van der Waals surface area contributed by atoms with Gasteiger partial charge < -0.3 is 10.6 Å². The number of rotatable bonds is 6. The van der Waals surface area contributed by atoms with Gasteiger partial charge in [0.15, 0.2) is 5.11 Å². The highest BCUT2D eigenvalue weighted by Crippen LogP contribution is 2.13. The van der Waals surface area contributed by atoms with Crippen LogP contribution in [-0.4, -0.2) is 11.0 Å². The third-order valence-electron chi connectivity index (χ3n) is 2.61. The van der Waals surface area contributed by atoms with Crippen molar-refractivity contribution >= 4 is 40.5 Å². The van der Waals surface area contributed by atoms with Gasteiger partial charge in [0.1, 0.15) is 0 Å². The van der Waals surface area contributed by atoms with Gasteiger partial charge in [0.25, 0.3) is 0 Å². The highest BCUT2D eigenvalue weighted by Gasteiger charge is 2.04. The first-order valence-electron chi connectivity index (χ1n) is 6.48. The third kappa shape index (κ3) is 7.13. The van der Waals surface area contributed by atoms with Crippen molar-refractivity contribution in [2.45, 2.75) is 39.0 Å². The standard InChI is InChI=1S/C14H19ClN2OS/c1-2-3-4-5-6-13(18)17-14(19)16-12-9-7-11(15)8-10-12/h7-10H,2-6H2,1H3,(H2,16,17,18,19). The predicted molar refractivity (Wildman–Crippen MR) is 84.6 cm³/mol. The van der Waals surface area contributed by atoms with Crippen LogP contribution < -0.4 is 10.6 Å². The Balaban J connectivity index is 2.26. The fourth-order valence-corrected chi connectivity index (χ4v) is 1.95. The number of halogens is 1. The Morgan fingerprint density at radius 3 is 2.53 bits per heavy atom. The lowest BCUT2D eigenvalue weighted by molar-refractivity contribution is -0.119. The van der Waals surface area contributed by atoms with E-state index < -0.39 is 0 Å². The first-order valence-corrected chi connectivity index (χ1v) is 7.27. The zero-order chi connectivity index (χ0) is 14.1. The fourth-order valence-electron chi connectivity index (χ4n) is 1.60. The van der Waals surface area contributed by atoms with E-state index >= 15 is 0 Å². The number of carbonyl (C=O) groups is 1. The van der Waals surface area contributed by atoms with Gasteiger partial charge in [-0.3, -0.25) is 4.79 Å². The van der Waals surface area contributed by atoms with Gasteiger partial charge in [-0.25, -0.2) is 0 Å². The summed E-state index contributed by atoms with van der Waals surface area (Å²) in [6, 6.07) is 7.14. The molecule has 1 amide bonds. The molecule has 0 saturated carbocycles. The summed E-state index contributed by atoms with van der Waals surface area (Å²) in [5.74, 6) is -0.0393. The maximum Gasteiger partial charge on any atom is 0.226 e. The van der Waals surface area contributed by atoms with Gasteiger partial charge in [-0.05, 0) is 42.9 Å². The van der Waals surface area contributed by atoms with Crippen molar-refractivity contribution < 1.29 is 4.79 Å². The van der Waals surface area contributed by atoms with Gasteiger partial charge in [-0.2, -0.15) is 0 Å². The normalized spacial score (nSPS) is 10.0. The van der Waals surface area contributed by atoms with Crippen molar-refractivity contribution in [2.24, 2.45) is 0 Å². The van der Waals surface area contributed by atoms with E-state index in [0.29, 0.717) is 16.6 Å². The van der Waals surface area contributed by atoms with Crippen molar-refractivity contribution in [3.8, 4) is 0 Å². The summed E-state index contributed by atoms with van der Waals surface area (Å²) in [6.07, 6.45) is 4.84. The minimum atomic E-state index is -0.0393. The average Bonchev–Trinajstić information content (AvgIpc) is 2.37. The topological polar surface area (TPSA) is 41.1 Å². The van der Waals surface area contributed by atoms with E-state index in [9.17, 15) is 4.79 Å². The molecule has 0 aliphatic rings. The molecular weight excluding hydrogens is 280 g/mol. The maximum absolute atomic E-state index is 11.6. The average molecular weight is 299 g/mol. The summed E-state index contributed by atoms with van der Waals surface area (Å²) in [5.41, 5.74) is 0.806. The lowest BCUT2D eigenvalue weighted by Crippen LogP contribution is -2.33. The van der Waals surface area contributed by atoms with Crippen molar-refractivity contribution in [2.75, 3.05) is 5.32 Å². The molecule has 0 unspecified atom stereocenters. The van der Waals surface area contributed by atoms with Gasteiger partial charge in [0.2, 0.25) is 5.91 Å². The second kappa shape index (κ2) is 8.88. The van der Waals surface area contributed by atoms with Crippen LogP contribution in [0.1, 0.15) is 39.0 Å². The second-order valence-electron chi connectivity index (χ2n) is 4.32. The van der Waals surface area contributed by atoms with E-state index in [1.54, 1.807) is 12.1 Å². The number of nitrogens with one attached hydrogen (secondary N) is 2. The number of hydrogen-bond donors (Lipinski definition) is 2. The molecule has 0 radical (unpaired) electrons. The monoisotopic (exact) mass is 298 g/mol. The lowest BCUT2D eigenvalue weighted by atomic mass is 10.1. The summed E-state index contributed by atoms with van der Waals surface area (Å²) in [4.78, 5) is 11.6. The molecule has 104 valence electrons. The van der Waals surface area contributed by atoms with E-state index in [4.69, 9.17) is 23.8 Å². The number of unbranched alkanes of at least 4 members (excludes halogenated alkanes) is 3. The Labute approximate surface area is 124 Å². The SMILES string of the molecule is CCCCCCC(=O)NC(=S)Nc1ccc(Cl)cc1. The largest absolute Gasteiger partial charge is 0.332 e. The van der Waals surface area contributed by atoms with Crippen LogP contribution in [0.2, 0.25) is 5.02 Å². The molecule has 0 aromatic heterocycles. The van der Waals surface area contributed by atoms with Crippen LogP contribution in [0.15, 0.2) is 24.3 Å². The molecule has 0 spiro atoms. The van der Waals surface area contributed by atoms with Gasteiger partial charge in [0.05, 0.1) is 0 Å². The molecule has 0 atom stereocenters. The highest BCUT2D eigenvalue weighted by molar-refractivity contribution is 7.80. The Bertz CT molecular complexity index is 420. The zero-order valence-corrected chi connectivity index (χ0v) is 12.6. The molecule has 1 aromatic carbocycles. The van der Waals surface area contributed by atoms with E-state index in [2.05, 4.69) is 17.6 Å². The van der Waals surface area contributed by atoms with Crippen LogP contribution in [-0.2, 0) is 4.79 Å². The number of amides is 1. The van der Waals surface area contributed by atoms with Gasteiger partial charge in [0, 0.05) is 17.1 Å². The molecular formula is C14H19ClN2OS. The number of benzene rings is 1. The molecule has 1 aromatic rings. The van der Waals surface area contributed by atoms with Crippen LogP contribution >= 0.6 is 23.8 Å². The van der Waals surface area contributed by atoms with Crippen LogP contribution in [0.3, 0.4) is 0 Å². The molecule has 0 heterocycles. The molecule has 0 fully saturated rings. The van der Waals surface area contributed by atoms with Crippen LogP contribution in [0.5, 0.6) is 0 Å². The number of carbonyl (C=O) groups excluding carboxylic acids is 1. The van der Waals surface area contributed by atoms with Crippen molar-refractivity contribution in [3.05, 3.63) is 29.3 Å². The van der Waals surface area contributed by atoms with Gasteiger partial charge in [-0.15, -0.1) is 0 Å². The summed E-state index contributed by atoms with van der Waals surface area (Å²) >= 11 is 10.9. The summed E-state index contributed by atoms with van der Waals surface area (Å²) < 4.78 is 0. The van der Waals surface area contributed by atoms with Crippen molar-refractivity contribution in [1.82, 2.24) is 5.32 Å². The first-order chi connectivity index (χ1) is 9.11. The molecule has 0 bridgehead atoms. The number of hydrogen-bond acceptors (Lipinski definition) is 2. The van der Waals surface area contributed by atoms with E-state index in [-0.39, 0.29) is 5.91 Å². The van der Waals surface area contributed by atoms with Crippen molar-refractivity contribution in [3.63, 3.8) is 0 Å². The van der Waals surface area contributed by atoms with Crippen LogP contribution in [0.25, 0.3) is 0 Å². The number of anilines is 1. The Kier molecular flexibility index (Phi) is 7.45. The summed E-state index contributed by atoms with van der Waals surface area (Å²) in [6.45, 7) is 2.14. The maximum atomic E-state index is 11.6. The smallest absolute Gasteiger partial charge is 0.226 e.